The second-order valence-electron chi connectivity index (χ2n) is 10.5. The van der Waals surface area contributed by atoms with E-state index in [2.05, 4.69) is 5.32 Å². The second-order valence-corrected chi connectivity index (χ2v) is 13.6. The molecule has 0 atom stereocenters. The summed E-state index contributed by atoms with van der Waals surface area (Å²) in [5.41, 5.74) is 2.83. The van der Waals surface area contributed by atoms with Gasteiger partial charge in [0.1, 0.15) is 9.83 Å². The van der Waals surface area contributed by atoms with Crippen LogP contribution in [0.1, 0.15) is 95.1 Å². The first-order chi connectivity index (χ1) is 18.5. The summed E-state index contributed by atoms with van der Waals surface area (Å²) in [4.78, 5) is 48.0. The minimum Gasteiger partial charge on any atom is -0.465 e. The summed E-state index contributed by atoms with van der Waals surface area (Å²) in [5.74, 6) is -0.468. The van der Waals surface area contributed by atoms with E-state index in [1.54, 1.807) is 11.3 Å². The monoisotopic (exact) mass is 571 g/mol. The number of amides is 1. The van der Waals surface area contributed by atoms with Crippen molar-refractivity contribution in [3.8, 4) is 0 Å². The highest BCUT2D eigenvalue weighted by atomic mass is 32.2. The molecule has 202 valence electrons. The van der Waals surface area contributed by atoms with E-state index in [4.69, 9.17) is 9.72 Å². The van der Waals surface area contributed by atoms with Crippen molar-refractivity contribution in [3.05, 3.63) is 36.8 Å². The number of rotatable bonds is 6. The number of aromatic nitrogens is 2. The molecule has 10 heteroatoms. The largest absolute Gasteiger partial charge is 0.465 e. The lowest BCUT2D eigenvalue weighted by molar-refractivity contribution is -0.113. The number of esters is 1. The molecule has 1 saturated carbocycles. The molecule has 3 aliphatic rings. The molecule has 7 nitrogen and oxygen atoms in total. The topological polar surface area (TPSA) is 90.3 Å². The Hall–Kier alpha value is -2.17. The fourth-order valence-electron chi connectivity index (χ4n) is 6.23. The normalized spacial score (nSPS) is 17.7. The van der Waals surface area contributed by atoms with Gasteiger partial charge in [-0.2, -0.15) is 0 Å². The van der Waals surface area contributed by atoms with E-state index in [1.807, 2.05) is 4.57 Å². The Labute approximate surface area is 234 Å². The van der Waals surface area contributed by atoms with Crippen molar-refractivity contribution in [1.82, 2.24) is 9.55 Å². The summed E-state index contributed by atoms with van der Waals surface area (Å²) in [5, 5.41) is 5.03. The van der Waals surface area contributed by atoms with Crippen LogP contribution in [0.4, 0.5) is 5.00 Å². The maximum Gasteiger partial charge on any atom is 0.341 e. The summed E-state index contributed by atoms with van der Waals surface area (Å²) in [6.45, 7) is 0. The van der Waals surface area contributed by atoms with Gasteiger partial charge in [0.25, 0.3) is 5.56 Å². The Morgan fingerprint density at radius 2 is 1.66 bits per heavy atom. The summed E-state index contributed by atoms with van der Waals surface area (Å²) in [6.07, 6.45) is 13.5. The van der Waals surface area contributed by atoms with E-state index < -0.39 is 5.97 Å². The van der Waals surface area contributed by atoms with E-state index in [0.717, 1.165) is 99.3 Å². The van der Waals surface area contributed by atoms with Crippen LogP contribution in [-0.2, 0) is 35.2 Å². The lowest BCUT2D eigenvalue weighted by Crippen LogP contribution is -2.27. The van der Waals surface area contributed by atoms with Gasteiger partial charge >= 0.3 is 5.97 Å². The lowest BCUT2D eigenvalue weighted by atomic mass is 9.97. The molecule has 0 unspecified atom stereocenters. The number of nitrogens with zero attached hydrogens (tertiary/aromatic N) is 2. The van der Waals surface area contributed by atoms with Crippen LogP contribution in [0.15, 0.2) is 9.95 Å². The van der Waals surface area contributed by atoms with Crippen LogP contribution in [0.2, 0.25) is 0 Å². The third kappa shape index (κ3) is 4.84. The first-order valence-electron chi connectivity index (χ1n) is 13.8. The van der Waals surface area contributed by atoms with Gasteiger partial charge in [-0.25, -0.2) is 9.78 Å². The molecule has 6 rings (SSSR count). The first-order valence-corrected chi connectivity index (χ1v) is 16.4. The minimum absolute atomic E-state index is 0.0687. The van der Waals surface area contributed by atoms with Gasteiger partial charge in [-0.1, -0.05) is 31.0 Å². The zero-order valence-electron chi connectivity index (χ0n) is 21.7. The molecule has 1 fully saturated rings. The molecule has 1 amide bonds. The Kier molecular flexibility index (Phi) is 7.64. The van der Waals surface area contributed by atoms with Crippen molar-refractivity contribution in [2.75, 3.05) is 18.2 Å². The van der Waals surface area contributed by atoms with Crippen LogP contribution in [0.25, 0.3) is 10.2 Å². The smallest absolute Gasteiger partial charge is 0.341 e. The zero-order chi connectivity index (χ0) is 26.2. The number of aryl methyl sites for hydroxylation is 3. The van der Waals surface area contributed by atoms with Crippen LogP contribution in [0.3, 0.4) is 0 Å². The highest BCUT2D eigenvalue weighted by Gasteiger charge is 2.29. The lowest BCUT2D eigenvalue weighted by Gasteiger charge is -2.18. The number of thioether (sulfide) groups is 1. The van der Waals surface area contributed by atoms with Gasteiger partial charge < -0.3 is 10.1 Å². The fourth-order valence-corrected chi connectivity index (χ4v) is 9.69. The summed E-state index contributed by atoms with van der Waals surface area (Å²) in [7, 11) is 1.39. The molecular weight excluding hydrogens is 539 g/mol. The van der Waals surface area contributed by atoms with Crippen molar-refractivity contribution >= 4 is 61.5 Å². The second kappa shape index (κ2) is 11.1. The van der Waals surface area contributed by atoms with Crippen molar-refractivity contribution < 1.29 is 14.3 Å². The highest BCUT2D eigenvalue weighted by molar-refractivity contribution is 7.99. The molecule has 1 N–H and O–H groups in total. The van der Waals surface area contributed by atoms with Crippen LogP contribution in [0, 0.1) is 0 Å². The number of carbonyl (C=O) groups excluding carboxylic acids is 2. The third-order valence-electron chi connectivity index (χ3n) is 8.07. The van der Waals surface area contributed by atoms with Gasteiger partial charge in [0.15, 0.2) is 5.16 Å². The predicted molar refractivity (Wildman–Crippen MR) is 154 cm³/mol. The van der Waals surface area contributed by atoms with Crippen LogP contribution >= 0.6 is 34.4 Å². The van der Waals surface area contributed by atoms with Crippen LogP contribution in [-0.4, -0.2) is 34.3 Å². The van der Waals surface area contributed by atoms with Gasteiger partial charge in [0, 0.05) is 15.8 Å². The summed E-state index contributed by atoms with van der Waals surface area (Å²) in [6, 6.07) is 0.142. The number of thiophene rings is 2. The SMILES string of the molecule is COC(=O)c1c(NC(=O)CSc2nc3sc4c(c3c(=O)n2C2CCCC2)CCCC4)sc2c1CCCCC2. The van der Waals surface area contributed by atoms with Crippen LogP contribution in [0.5, 0.6) is 0 Å². The van der Waals surface area contributed by atoms with Crippen molar-refractivity contribution in [1.29, 1.82) is 0 Å². The average Bonchev–Trinajstić information content (AvgIpc) is 3.61. The number of hydrogen-bond acceptors (Lipinski definition) is 8. The van der Waals surface area contributed by atoms with Crippen LogP contribution < -0.4 is 10.9 Å². The van der Waals surface area contributed by atoms with Gasteiger partial charge in [-0.05, 0) is 75.3 Å². The molecule has 3 heterocycles. The molecular formula is C28H33N3O4S3. The Morgan fingerprint density at radius 1 is 0.974 bits per heavy atom. The number of carbonyl (C=O) groups is 2. The van der Waals surface area contributed by atoms with Crippen molar-refractivity contribution in [2.24, 2.45) is 0 Å². The number of nitrogens with one attached hydrogen (secondary N) is 1. The van der Waals surface area contributed by atoms with E-state index in [1.165, 1.54) is 45.5 Å². The number of anilines is 1. The number of fused-ring (bicyclic) bond motifs is 4. The molecule has 0 saturated heterocycles. The van der Waals surface area contributed by atoms with E-state index in [-0.39, 0.29) is 23.3 Å². The van der Waals surface area contributed by atoms with Gasteiger partial charge in [0.05, 0.1) is 23.8 Å². The van der Waals surface area contributed by atoms with Crippen molar-refractivity contribution in [2.45, 2.75) is 94.7 Å². The molecule has 0 aromatic carbocycles. The molecule has 0 radical (unpaired) electrons. The molecule has 3 aromatic heterocycles. The maximum atomic E-state index is 13.9. The fraction of sp³-hybridized carbons (Fsp3) is 0.571. The minimum atomic E-state index is -0.392. The average molecular weight is 572 g/mol. The zero-order valence-corrected chi connectivity index (χ0v) is 24.2. The predicted octanol–water partition coefficient (Wildman–Crippen LogP) is 6.30. The Bertz CT molecular complexity index is 1450. The summed E-state index contributed by atoms with van der Waals surface area (Å²) < 4.78 is 6.97. The third-order valence-corrected chi connectivity index (χ3v) is 11.4. The first kappa shape index (κ1) is 26.1. The molecule has 3 aliphatic carbocycles. The van der Waals surface area contributed by atoms with E-state index in [9.17, 15) is 14.4 Å². The van der Waals surface area contributed by atoms with Gasteiger partial charge in [-0.15, -0.1) is 22.7 Å². The van der Waals surface area contributed by atoms with Crippen molar-refractivity contribution in [3.63, 3.8) is 0 Å². The van der Waals surface area contributed by atoms with Gasteiger partial charge in [-0.3, -0.25) is 14.2 Å². The highest BCUT2D eigenvalue weighted by Crippen LogP contribution is 2.39. The quantitative estimate of drug-likeness (QED) is 0.162. The molecule has 3 aromatic rings. The standard InChI is InChI=1S/C28H33N3O4S3/c1-35-27(34)23-18-11-3-2-4-13-20(18)38-25(23)29-21(32)15-36-28-30-24-22(17-12-7-8-14-19(17)37-24)26(33)31(28)16-9-5-6-10-16/h16H,2-15H2,1H3,(H,29,32). The van der Waals surface area contributed by atoms with Gasteiger partial charge in [0.2, 0.25) is 5.91 Å². The number of ether oxygens (including phenoxy) is 1. The Balaban J connectivity index is 1.28. The van der Waals surface area contributed by atoms with E-state index in [0.29, 0.717) is 15.7 Å². The van der Waals surface area contributed by atoms with E-state index >= 15 is 0 Å². The summed E-state index contributed by atoms with van der Waals surface area (Å²) >= 11 is 4.48. The molecule has 0 spiro atoms. The Morgan fingerprint density at radius 3 is 2.45 bits per heavy atom. The molecule has 0 aliphatic heterocycles. The number of methoxy groups -OCH3 is 1. The maximum absolute atomic E-state index is 13.9. The molecule has 0 bridgehead atoms. The molecule has 38 heavy (non-hydrogen) atoms. The number of hydrogen-bond donors (Lipinski definition) is 1.